The Labute approximate surface area is 627 Å². The minimum absolute atomic E-state index is 0.00178. The maximum Gasteiger partial charge on any atom is 0.397 e. The molecule has 12 amide bonds. The second-order valence-corrected chi connectivity index (χ2v) is 32.4. The molecule has 8 fully saturated rings. The highest BCUT2D eigenvalue weighted by Gasteiger charge is 2.57. The summed E-state index contributed by atoms with van der Waals surface area (Å²) in [6, 6.07) is -11.7. The van der Waals surface area contributed by atoms with Gasteiger partial charge in [0, 0.05) is 68.5 Å². The van der Waals surface area contributed by atoms with E-state index in [1.807, 2.05) is 13.8 Å². The fourth-order valence-electron chi connectivity index (χ4n) is 17.5. The van der Waals surface area contributed by atoms with E-state index in [9.17, 15) is 50.6 Å². The molecule has 4 N–H and O–H groups in total. The third-order valence-electron chi connectivity index (χ3n) is 24.5. The molecule has 108 heavy (non-hydrogen) atoms. The Morgan fingerprint density at radius 1 is 0.593 bits per heavy atom. The normalized spacial score (nSPS) is 32.6. The van der Waals surface area contributed by atoms with E-state index in [1.54, 1.807) is 13.8 Å². The maximum absolute atomic E-state index is 15.7. The predicted octanol–water partition coefficient (Wildman–Crippen LogP) is 4.91. The Bertz CT molecular complexity index is 3210. The zero-order valence-electron chi connectivity index (χ0n) is 64.1. The topological polar surface area (TPSA) is 300 Å². The van der Waals surface area contributed by atoms with Crippen molar-refractivity contribution in [3.63, 3.8) is 0 Å². The van der Waals surface area contributed by atoms with E-state index in [0.29, 0.717) is 44.9 Å². The largest absolute Gasteiger partial charge is 0.397 e. The van der Waals surface area contributed by atoms with Crippen LogP contribution in [0, 0.1) is 41.4 Å². The van der Waals surface area contributed by atoms with Crippen LogP contribution in [0.4, 0.5) is 35.1 Å². The fraction of sp³-hybridized carbons (Fsp3) is 0.838. The molecule has 0 aromatic rings. The number of amides is 12. The van der Waals surface area contributed by atoms with Crippen LogP contribution in [0.5, 0.6) is 0 Å². The molecule has 8 aliphatic rings. The number of hydrogen-bond donors (Lipinski definition) is 4. The van der Waals surface area contributed by atoms with E-state index < -0.39 is 230 Å². The number of carbonyl (C=O) groups excluding carboxylic acids is 12. The zero-order valence-corrected chi connectivity index (χ0v) is 64.1. The summed E-state index contributed by atoms with van der Waals surface area (Å²) in [4.78, 5) is 191. The Morgan fingerprint density at radius 3 is 1.78 bits per heavy atom. The van der Waals surface area contributed by atoms with Gasteiger partial charge in [0.25, 0.3) is 0 Å². The standard InChI is InChI=1S/C74H114F8N12O14/c1-11-43(4)60-69(105)87(6)41-58(98)88(7)51-19-14-15-29-93(68(51)104)54(38-44-20-23-47(24-21-44)73(77,78)79)66(102)86(5)40-56(96)83-50(25-22-45-36-48(75)59(49(76)37-45)74(80,81)82)65(101)94-30-26-55(95)62(94)64(100)85-72(27-16-28-72)71(107)91(10)61(46-17-12-13-18-46)70(106)90(9)53(67(103)92-31-33-108-34-32-92)39-57(97)89(8)52(35-42(2)3)63(99)84-60/h42-55,59-62,95H,11-41H2,1-10H3,(H,83,96)(H,84,99)(H,85,100)/t43-,44?,45?,47?,48?,49?,50-,51-,52-,53-,54-,55+,59?,60-,61-,62-/m0/s1. The number of likely N-dealkylation sites (N-methyl/N-ethyl adjacent to an activating group) is 6. The molecule has 0 aromatic carbocycles. The highest BCUT2D eigenvalue weighted by Crippen LogP contribution is 2.46. The van der Waals surface area contributed by atoms with Gasteiger partial charge in [0.2, 0.25) is 70.9 Å². The lowest BCUT2D eigenvalue weighted by atomic mass is 9.74. The first-order valence-corrected chi connectivity index (χ1v) is 38.8. The average Bonchev–Trinajstić information content (AvgIpc) is 0.949. The molecule has 610 valence electrons. The number of fused-ring (bicyclic) bond motifs is 3. The number of hydrogen-bond acceptors (Lipinski definition) is 14. The van der Waals surface area contributed by atoms with E-state index in [-0.39, 0.29) is 122 Å². The summed E-state index contributed by atoms with van der Waals surface area (Å²) in [6.07, 6.45) is -17.2. The molecular formula is C74H114F8N12O14. The lowest BCUT2D eigenvalue weighted by Gasteiger charge is -2.47. The molecule has 4 aliphatic heterocycles. The molecule has 4 saturated carbocycles. The molecule has 2 unspecified atom stereocenters. The smallest absolute Gasteiger partial charge is 0.390 e. The molecule has 4 saturated heterocycles. The lowest BCUT2D eigenvalue weighted by molar-refractivity contribution is -0.219. The van der Waals surface area contributed by atoms with Crippen LogP contribution in [0.25, 0.3) is 0 Å². The summed E-state index contributed by atoms with van der Waals surface area (Å²) in [5.74, 6) is -17.4. The van der Waals surface area contributed by atoms with Crippen LogP contribution in [0.2, 0.25) is 0 Å². The summed E-state index contributed by atoms with van der Waals surface area (Å²) in [7, 11) is 7.98. The van der Waals surface area contributed by atoms with Gasteiger partial charge in [-0.2, -0.15) is 26.3 Å². The number of rotatable bonds is 11. The third kappa shape index (κ3) is 20.4. The second-order valence-electron chi connectivity index (χ2n) is 32.4. The predicted molar refractivity (Wildman–Crippen MR) is 376 cm³/mol. The number of nitrogens with one attached hydrogen (secondary N) is 3. The van der Waals surface area contributed by atoms with Crippen LogP contribution in [-0.4, -0.2) is 300 Å². The molecule has 2 bridgehead atoms. The van der Waals surface area contributed by atoms with Crippen molar-refractivity contribution in [2.24, 2.45) is 41.4 Å². The van der Waals surface area contributed by atoms with Gasteiger partial charge in [0.15, 0.2) is 0 Å². The first-order chi connectivity index (χ1) is 50.7. The Balaban J connectivity index is 1.19. The SMILES string of the molecule is CC[C@H](C)[C@@H]1NC(=O)[C@H](CC(C)C)N(C)C(=O)C[C@@H](C(=O)N2CCOCC2)N(C)C(=O)[C@H](C2CCCC2)N(C)C(=O)C2(CCC2)NC(=O)[C@@H]2[C@H](O)CCN2C(=O)[C@H](CCC2CC(F)C(C(F)(F)F)C(F)C2)NC(=O)CN(C)C(=O)[C@H](CC2CCC(C(F)(F)F)CC2)N2CCCC[C@@H](C2=O)N(C)C(=O)CN(C)C1=O. The van der Waals surface area contributed by atoms with E-state index in [4.69, 9.17) is 4.74 Å². The monoisotopic (exact) mass is 1550 g/mol. The molecule has 4 heterocycles. The van der Waals surface area contributed by atoms with Gasteiger partial charge in [-0.15, -0.1) is 0 Å². The average molecular weight is 1550 g/mol. The van der Waals surface area contributed by atoms with Crippen LogP contribution >= 0.6 is 0 Å². The number of alkyl halides is 8. The summed E-state index contributed by atoms with van der Waals surface area (Å²) in [5.41, 5.74) is -1.77. The molecule has 34 heteroatoms. The first-order valence-electron chi connectivity index (χ1n) is 38.8. The first kappa shape index (κ1) is 86.6. The van der Waals surface area contributed by atoms with Crippen LogP contribution in [-0.2, 0) is 62.3 Å². The molecular weight excluding hydrogens is 1430 g/mol. The van der Waals surface area contributed by atoms with Crippen LogP contribution in [0.1, 0.15) is 175 Å². The Morgan fingerprint density at radius 2 is 1.20 bits per heavy atom. The molecule has 8 rings (SSSR count). The minimum atomic E-state index is -5.23. The minimum Gasteiger partial charge on any atom is -0.390 e. The van der Waals surface area contributed by atoms with Crippen molar-refractivity contribution >= 4 is 70.9 Å². The van der Waals surface area contributed by atoms with Gasteiger partial charge in [-0.1, -0.05) is 47.0 Å². The van der Waals surface area contributed by atoms with Crippen molar-refractivity contribution in [2.75, 3.05) is 94.8 Å². The maximum atomic E-state index is 15.7. The van der Waals surface area contributed by atoms with Crippen molar-refractivity contribution in [1.29, 1.82) is 0 Å². The summed E-state index contributed by atoms with van der Waals surface area (Å²) < 4.78 is 120. The van der Waals surface area contributed by atoms with Crippen molar-refractivity contribution in [2.45, 2.75) is 260 Å². The van der Waals surface area contributed by atoms with Crippen LogP contribution < -0.4 is 16.0 Å². The van der Waals surface area contributed by atoms with E-state index >= 15 is 47.1 Å². The molecule has 1 spiro atoms. The highest BCUT2D eigenvalue weighted by molar-refractivity contribution is 6.01. The molecule has 0 aromatic heterocycles. The quantitative estimate of drug-likeness (QED) is 0.200. The number of carbonyl (C=O) groups is 12. The van der Waals surface area contributed by atoms with Gasteiger partial charge in [-0.05, 0) is 152 Å². The van der Waals surface area contributed by atoms with Gasteiger partial charge in [-0.25, -0.2) is 8.78 Å². The number of aliphatic hydroxyl groups excluding tert-OH is 1. The molecule has 12 atom stereocenters. The van der Waals surface area contributed by atoms with Gasteiger partial charge in [-0.3, -0.25) is 57.5 Å². The summed E-state index contributed by atoms with van der Waals surface area (Å²) in [5, 5.41) is 20.0. The third-order valence-corrected chi connectivity index (χ3v) is 24.5. The summed E-state index contributed by atoms with van der Waals surface area (Å²) in [6.45, 7) is 5.60. The van der Waals surface area contributed by atoms with Crippen molar-refractivity contribution < 1.29 is 103 Å². The summed E-state index contributed by atoms with van der Waals surface area (Å²) >= 11 is 0. The van der Waals surface area contributed by atoms with Gasteiger partial charge in [0.1, 0.15) is 72.1 Å². The van der Waals surface area contributed by atoms with Gasteiger partial charge in [0.05, 0.1) is 44.7 Å². The number of nitrogens with zero attached hydrogens (tertiary/aromatic N) is 9. The van der Waals surface area contributed by atoms with Crippen LogP contribution in [0.15, 0.2) is 0 Å². The lowest BCUT2D eigenvalue weighted by Crippen LogP contribution is -2.69. The Kier molecular flexibility index (Phi) is 29.6. The number of ether oxygens (including phenoxy) is 1. The number of aliphatic hydroxyl groups is 1. The number of morpholine rings is 1. The number of halogens is 8. The second kappa shape index (κ2) is 36.9. The fourth-order valence-corrected chi connectivity index (χ4v) is 17.5. The zero-order chi connectivity index (χ0) is 79.8. The van der Waals surface area contributed by atoms with E-state index in [1.165, 1.54) is 61.9 Å². The van der Waals surface area contributed by atoms with Gasteiger partial charge >= 0.3 is 12.4 Å². The molecule has 26 nitrogen and oxygen atoms in total. The van der Waals surface area contributed by atoms with Crippen molar-refractivity contribution in [3.8, 4) is 0 Å². The van der Waals surface area contributed by atoms with Crippen molar-refractivity contribution in [3.05, 3.63) is 0 Å². The van der Waals surface area contributed by atoms with Crippen molar-refractivity contribution in [1.82, 2.24) is 60.0 Å². The molecule has 4 aliphatic carbocycles. The van der Waals surface area contributed by atoms with E-state index in [2.05, 4.69) is 16.0 Å². The Hall–Kier alpha value is -7.00. The highest BCUT2D eigenvalue weighted by atomic mass is 19.4. The molecule has 0 radical (unpaired) electrons. The van der Waals surface area contributed by atoms with Crippen LogP contribution in [0.3, 0.4) is 0 Å². The van der Waals surface area contributed by atoms with E-state index in [0.717, 1.165) is 24.5 Å². The van der Waals surface area contributed by atoms with Gasteiger partial charge < -0.3 is 69.9 Å².